The second-order valence-electron chi connectivity index (χ2n) is 6.50. The Balaban J connectivity index is 1.64. The minimum absolute atomic E-state index is 0.338. The fourth-order valence-electron chi connectivity index (χ4n) is 3.00. The number of hydrogen-bond donors (Lipinski definition) is 1. The molecule has 0 fully saturated rings. The summed E-state index contributed by atoms with van der Waals surface area (Å²) < 4.78 is 45.9. The number of alkyl halides is 3. The highest BCUT2D eigenvalue weighted by Gasteiger charge is 2.35. The molecule has 1 amide bonds. The zero-order valence-electron chi connectivity index (χ0n) is 15.8. The van der Waals surface area contributed by atoms with Crippen molar-refractivity contribution in [2.24, 2.45) is 0 Å². The SMILES string of the molecule is Cc1noc(C)c1C(=O)Nc1ccc(-n2nc(C(F)(F)F)cc2-c2cccs2)cc1. The summed E-state index contributed by atoms with van der Waals surface area (Å²) in [7, 11) is 0. The Labute approximate surface area is 172 Å². The molecule has 4 rings (SSSR count). The monoisotopic (exact) mass is 432 g/mol. The van der Waals surface area contributed by atoms with E-state index < -0.39 is 11.9 Å². The highest BCUT2D eigenvalue weighted by atomic mass is 32.1. The van der Waals surface area contributed by atoms with Crippen LogP contribution in [0.25, 0.3) is 16.3 Å². The van der Waals surface area contributed by atoms with Crippen molar-refractivity contribution in [3.8, 4) is 16.3 Å². The third-order valence-corrected chi connectivity index (χ3v) is 5.30. The number of anilines is 1. The van der Waals surface area contributed by atoms with Gasteiger partial charge in [0.15, 0.2) is 5.69 Å². The molecule has 0 bridgehead atoms. The third-order valence-electron chi connectivity index (χ3n) is 4.40. The van der Waals surface area contributed by atoms with Gasteiger partial charge in [-0.15, -0.1) is 11.3 Å². The van der Waals surface area contributed by atoms with Crippen LogP contribution in [0.5, 0.6) is 0 Å². The van der Waals surface area contributed by atoms with Gasteiger partial charge < -0.3 is 9.84 Å². The summed E-state index contributed by atoms with van der Waals surface area (Å²) in [5, 5.41) is 12.0. The first-order valence-electron chi connectivity index (χ1n) is 8.80. The van der Waals surface area contributed by atoms with Crippen molar-refractivity contribution in [1.82, 2.24) is 14.9 Å². The van der Waals surface area contributed by atoms with Crippen LogP contribution in [0.15, 0.2) is 52.4 Å². The van der Waals surface area contributed by atoms with Crippen molar-refractivity contribution in [2.75, 3.05) is 5.32 Å². The van der Waals surface area contributed by atoms with Gasteiger partial charge >= 0.3 is 6.18 Å². The number of benzene rings is 1. The minimum Gasteiger partial charge on any atom is -0.361 e. The van der Waals surface area contributed by atoms with Gasteiger partial charge in [-0.25, -0.2) is 4.68 Å². The summed E-state index contributed by atoms with van der Waals surface area (Å²) in [5.74, 6) is 0.0233. The molecule has 0 radical (unpaired) electrons. The Kier molecular flexibility index (Phi) is 4.94. The van der Waals surface area contributed by atoms with Crippen molar-refractivity contribution >= 4 is 22.9 Å². The lowest BCUT2D eigenvalue weighted by molar-refractivity contribution is -0.141. The number of carbonyl (C=O) groups excluding carboxylic acids is 1. The number of nitrogens with one attached hydrogen (secondary N) is 1. The molecule has 4 aromatic rings. The van der Waals surface area contributed by atoms with E-state index in [2.05, 4.69) is 15.6 Å². The second-order valence-corrected chi connectivity index (χ2v) is 7.45. The fourth-order valence-corrected chi connectivity index (χ4v) is 3.73. The number of aryl methyl sites for hydroxylation is 2. The summed E-state index contributed by atoms with van der Waals surface area (Å²) in [4.78, 5) is 13.1. The Morgan fingerprint density at radius 2 is 1.90 bits per heavy atom. The number of nitrogens with zero attached hydrogens (tertiary/aromatic N) is 3. The molecule has 30 heavy (non-hydrogen) atoms. The highest BCUT2D eigenvalue weighted by molar-refractivity contribution is 7.13. The van der Waals surface area contributed by atoms with E-state index in [1.54, 1.807) is 55.6 Å². The van der Waals surface area contributed by atoms with E-state index in [1.165, 1.54) is 16.0 Å². The fraction of sp³-hybridized carbons (Fsp3) is 0.150. The first-order valence-corrected chi connectivity index (χ1v) is 9.68. The normalized spacial score (nSPS) is 11.6. The minimum atomic E-state index is -4.56. The Morgan fingerprint density at radius 1 is 1.17 bits per heavy atom. The average Bonchev–Trinajstić information content (AvgIpc) is 3.41. The van der Waals surface area contributed by atoms with E-state index in [0.29, 0.717) is 39.0 Å². The van der Waals surface area contributed by atoms with Gasteiger partial charge in [-0.2, -0.15) is 18.3 Å². The molecular weight excluding hydrogens is 417 g/mol. The molecule has 0 unspecified atom stereocenters. The summed E-state index contributed by atoms with van der Waals surface area (Å²) >= 11 is 1.32. The smallest absolute Gasteiger partial charge is 0.361 e. The zero-order chi connectivity index (χ0) is 21.5. The lowest BCUT2D eigenvalue weighted by atomic mass is 10.2. The topological polar surface area (TPSA) is 73.0 Å². The summed E-state index contributed by atoms with van der Waals surface area (Å²) in [6.07, 6.45) is -4.56. The van der Waals surface area contributed by atoms with Crippen molar-refractivity contribution in [3.05, 3.63) is 70.6 Å². The van der Waals surface area contributed by atoms with Crippen LogP contribution in [0.4, 0.5) is 18.9 Å². The van der Waals surface area contributed by atoms with Gasteiger partial charge in [0.05, 0.1) is 22.0 Å². The van der Waals surface area contributed by atoms with Gasteiger partial charge in [0, 0.05) is 5.69 Å². The standard InChI is InChI=1S/C20H15F3N4O2S/c1-11-18(12(2)29-26-11)19(28)24-13-5-7-14(8-6-13)27-15(16-4-3-9-30-16)10-17(25-27)20(21,22)23/h3-10H,1-2H3,(H,24,28). The van der Waals surface area contributed by atoms with Crippen LogP contribution in [0, 0.1) is 13.8 Å². The molecule has 0 saturated heterocycles. The first kappa shape index (κ1) is 19.9. The molecule has 154 valence electrons. The maximum atomic E-state index is 13.2. The van der Waals surface area contributed by atoms with Gasteiger partial charge in [0.25, 0.3) is 5.91 Å². The quantitative estimate of drug-likeness (QED) is 0.464. The second kappa shape index (κ2) is 7.45. The Hall–Kier alpha value is -3.40. The summed E-state index contributed by atoms with van der Waals surface area (Å²) in [5.41, 5.74) is 1.10. The molecular formula is C20H15F3N4O2S. The molecule has 6 nitrogen and oxygen atoms in total. The van der Waals surface area contributed by atoms with Gasteiger partial charge in [-0.1, -0.05) is 11.2 Å². The largest absolute Gasteiger partial charge is 0.435 e. The predicted octanol–water partition coefficient (Wildman–Crippen LogP) is 5.48. The maximum Gasteiger partial charge on any atom is 0.435 e. The van der Waals surface area contributed by atoms with E-state index >= 15 is 0 Å². The molecule has 0 aliphatic rings. The number of halogens is 3. The van der Waals surface area contributed by atoms with Gasteiger partial charge in [-0.3, -0.25) is 4.79 Å². The van der Waals surface area contributed by atoms with E-state index in [9.17, 15) is 18.0 Å². The van der Waals surface area contributed by atoms with E-state index in [1.807, 2.05) is 0 Å². The molecule has 1 aromatic carbocycles. The molecule has 0 aliphatic carbocycles. The molecule has 3 aromatic heterocycles. The number of rotatable bonds is 4. The lowest BCUT2D eigenvalue weighted by Crippen LogP contribution is -2.13. The first-order chi connectivity index (χ1) is 14.2. The molecule has 1 N–H and O–H groups in total. The van der Waals surface area contributed by atoms with Crippen molar-refractivity contribution in [3.63, 3.8) is 0 Å². The summed E-state index contributed by atoms with van der Waals surface area (Å²) in [6, 6.07) is 10.9. The van der Waals surface area contributed by atoms with E-state index in [0.717, 1.165) is 6.07 Å². The van der Waals surface area contributed by atoms with Gasteiger partial charge in [0.1, 0.15) is 11.3 Å². The maximum absolute atomic E-state index is 13.2. The van der Waals surface area contributed by atoms with Crippen LogP contribution >= 0.6 is 11.3 Å². The van der Waals surface area contributed by atoms with Crippen molar-refractivity contribution in [2.45, 2.75) is 20.0 Å². The Bertz CT molecular complexity index is 1170. The number of thiophene rings is 1. The van der Waals surface area contributed by atoms with Crippen LogP contribution in [0.1, 0.15) is 27.5 Å². The molecule has 0 atom stereocenters. The van der Waals surface area contributed by atoms with Crippen LogP contribution in [-0.2, 0) is 6.18 Å². The number of aromatic nitrogens is 3. The van der Waals surface area contributed by atoms with Crippen LogP contribution in [-0.4, -0.2) is 20.8 Å². The van der Waals surface area contributed by atoms with Crippen LogP contribution in [0.3, 0.4) is 0 Å². The van der Waals surface area contributed by atoms with E-state index in [4.69, 9.17) is 4.52 Å². The lowest BCUT2D eigenvalue weighted by Gasteiger charge is -2.09. The molecule has 0 aliphatic heterocycles. The number of carbonyl (C=O) groups is 1. The van der Waals surface area contributed by atoms with Crippen molar-refractivity contribution < 1.29 is 22.5 Å². The average molecular weight is 432 g/mol. The van der Waals surface area contributed by atoms with Crippen LogP contribution in [0.2, 0.25) is 0 Å². The summed E-state index contributed by atoms with van der Waals surface area (Å²) in [6.45, 7) is 3.30. The molecule has 3 heterocycles. The molecule has 10 heteroatoms. The van der Waals surface area contributed by atoms with Crippen LogP contribution < -0.4 is 5.32 Å². The zero-order valence-corrected chi connectivity index (χ0v) is 16.6. The van der Waals surface area contributed by atoms with Gasteiger partial charge in [0.2, 0.25) is 0 Å². The molecule has 0 spiro atoms. The number of amides is 1. The van der Waals surface area contributed by atoms with E-state index in [-0.39, 0.29) is 5.91 Å². The Morgan fingerprint density at radius 3 is 2.47 bits per heavy atom. The highest BCUT2D eigenvalue weighted by Crippen LogP contribution is 2.34. The number of hydrogen-bond acceptors (Lipinski definition) is 5. The third kappa shape index (κ3) is 3.73. The molecule has 0 saturated carbocycles. The predicted molar refractivity (Wildman–Crippen MR) is 106 cm³/mol. The van der Waals surface area contributed by atoms with Crippen molar-refractivity contribution in [1.29, 1.82) is 0 Å². The van der Waals surface area contributed by atoms with Gasteiger partial charge in [-0.05, 0) is 55.6 Å².